The molecule has 2 amide bonds. The fourth-order valence-electron chi connectivity index (χ4n) is 6.66. The second kappa shape index (κ2) is 13.3. The fraction of sp³-hybridized carbons (Fsp3) is 0.405. The maximum absolute atomic E-state index is 14.6. The maximum Gasteiger partial charge on any atom is 0.252 e. The Morgan fingerprint density at radius 2 is 1.72 bits per heavy atom. The van der Waals surface area contributed by atoms with Crippen LogP contribution in [0.1, 0.15) is 60.4 Å². The molecule has 2 aliphatic heterocycles. The molecule has 1 N–H and O–H groups in total. The summed E-state index contributed by atoms with van der Waals surface area (Å²) in [4.78, 5) is 30.9. The lowest BCUT2D eigenvalue weighted by atomic mass is 9.82. The van der Waals surface area contributed by atoms with Crippen molar-refractivity contribution < 1.29 is 27.5 Å². The molecule has 2 atom stereocenters. The lowest BCUT2D eigenvalue weighted by molar-refractivity contribution is -0.132. The Bertz CT molecular complexity index is 1670. The standard InChI is InChI=1S/C37H40F3N3O3/c1-22-6-4-8-27(23(22)2)19-43(29-13-14-29)37(45)34-30(18-28-20-42(24(3)44)21-33(34)41-28)26-11-9-25(10-12-26)7-5-17-46-36-32(39)16-15-31(38)35(36)40/h4,6,8-12,15-16,28-29,33,41H,5,7,13-14,17-21H2,1-3H3/t28-,33-/m1/s1. The van der Waals surface area contributed by atoms with Crippen molar-refractivity contribution in [3.63, 3.8) is 0 Å². The van der Waals surface area contributed by atoms with Gasteiger partial charge in [-0.25, -0.2) is 8.78 Å². The second-order valence-electron chi connectivity index (χ2n) is 12.8. The van der Waals surface area contributed by atoms with Crippen molar-refractivity contribution in [2.45, 2.75) is 77.5 Å². The van der Waals surface area contributed by atoms with E-state index in [4.69, 9.17) is 4.74 Å². The number of carbonyl (C=O) groups is 2. The van der Waals surface area contributed by atoms with E-state index in [1.807, 2.05) is 40.1 Å². The van der Waals surface area contributed by atoms with Crippen molar-refractivity contribution in [2.75, 3.05) is 19.7 Å². The van der Waals surface area contributed by atoms with Crippen LogP contribution in [0.15, 0.2) is 60.2 Å². The topological polar surface area (TPSA) is 61.9 Å². The summed E-state index contributed by atoms with van der Waals surface area (Å²) in [6.45, 7) is 7.40. The minimum atomic E-state index is -1.32. The molecule has 0 unspecified atom stereocenters. The summed E-state index contributed by atoms with van der Waals surface area (Å²) in [6, 6.07) is 15.9. The molecule has 3 aliphatic rings. The molecule has 46 heavy (non-hydrogen) atoms. The highest BCUT2D eigenvalue weighted by Gasteiger charge is 2.43. The van der Waals surface area contributed by atoms with Crippen molar-refractivity contribution in [3.05, 3.63) is 105 Å². The van der Waals surface area contributed by atoms with Gasteiger partial charge >= 0.3 is 0 Å². The maximum atomic E-state index is 14.6. The number of hydrogen-bond donors (Lipinski definition) is 1. The quantitative estimate of drug-likeness (QED) is 0.212. The summed E-state index contributed by atoms with van der Waals surface area (Å²) in [5.41, 5.74) is 7.28. The highest BCUT2D eigenvalue weighted by molar-refractivity contribution is 6.03. The van der Waals surface area contributed by atoms with Crippen LogP contribution in [0, 0.1) is 31.3 Å². The molecule has 9 heteroatoms. The number of aryl methyl sites for hydroxylation is 2. The van der Waals surface area contributed by atoms with Crippen molar-refractivity contribution >= 4 is 17.4 Å². The number of amides is 2. The first-order valence-electron chi connectivity index (χ1n) is 16.1. The summed E-state index contributed by atoms with van der Waals surface area (Å²) in [5, 5.41) is 3.65. The lowest BCUT2D eigenvalue weighted by Gasteiger charge is -2.44. The van der Waals surface area contributed by atoms with Crippen LogP contribution in [0.25, 0.3) is 5.57 Å². The highest BCUT2D eigenvalue weighted by Crippen LogP contribution is 2.38. The van der Waals surface area contributed by atoms with Crippen LogP contribution in [0.4, 0.5) is 13.2 Å². The summed E-state index contributed by atoms with van der Waals surface area (Å²) in [7, 11) is 0. The number of halogens is 3. The molecule has 0 aromatic heterocycles. The predicted molar refractivity (Wildman–Crippen MR) is 171 cm³/mol. The number of fused-ring (bicyclic) bond motifs is 2. The van der Waals surface area contributed by atoms with E-state index in [0.717, 1.165) is 52.8 Å². The molecule has 2 fully saturated rings. The van der Waals surface area contributed by atoms with Gasteiger partial charge in [0.05, 0.1) is 12.6 Å². The molecule has 1 saturated heterocycles. The lowest BCUT2D eigenvalue weighted by Crippen LogP contribution is -2.61. The van der Waals surface area contributed by atoms with Crippen LogP contribution in [0.5, 0.6) is 5.75 Å². The molecule has 3 aromatic carbocycles. The molecule has 3 aromatic rings. The third-order valence-corrected chi connectivity index (χ3v) is 9.55. The molecule has 1 saturated carbocycles. The van der Waals surface area contributed by atoms with Gasteiger partial charge in [0.2, 0.25) is 11.7 Å². The Morgan fingerprint density at radius 3 is 2.43 bits per heavy atom. The molecule has 6 nitrogen and oxygen atoms in total. The Kier molecular flexibility index (Phi) is 9.22. The summed E-state index contributed by atoms with van der Waals surface area (Å²) >= 11 is 0. The number of nitrogens with one attached hydrogen (secondary N) is 1. The van der Waals surface area contributed by atoms with Gasteiger partial charge in [0.15, 0.2) is 17.4 Å². The van der Waals surface area contributed by atoms with Crippen LogP contribution in [0.2, 0.25) is 0 Å². The van der Waals surface area contributed by atoms with E-state index in [9.17, 15) is 22.8 Å². The normalized spacial score (nSPS) is 19.3. The van der Waals surface area contributed by atoms with E-state index < -0.39 is 23.2 Å². The van der Waals surface area contributed by atoms with Gasteiger partial charge in [-0.1, -0.05) is 42.5 Å². The predicted octanol–water partition coefficient (Wildman–Crippen LogP) is 6.27. The first-order valence-corrected chi connectivity index (χ1v) is 16.1. The van der Waals surface area contributed by atoms with Crippen molar-refractivity contribution in [1.29, 1.82) is 0 Å². The Hall–Kier alpha value is -4.11. The van der Waals surface area contributed by atoms with Crippen LogP contribution < -0.4 is 10.1 Å². The molecule has 0 spiro atoms. The molecular weight excluding hydrogens is 591 g/mol. The highest BCUT2D eigenvalue weighted by atomic mass is 19.2. The van der Waals surface area contributed by atoms with Crippen molar-refractivity contribution in [3.8, 4) is 5.75 Å². The van der Waals surface area contributed by atoms with Crippen LogP contribution >= 0.6 is 0 Å². The molecular formula is C37H40F3N3O3. The molecule has 6 rings (SSSR count). The monoisotopic (exact) mass is 631 g/mol. The molecule has 1 aliphatic carbocycles. The Balaban J connectivity index is 1.24. The number of benzene rings is 3. The van der Waals surface area contributed by atoms with Crippen LogP contribution in [-0.2, 0) is 22.6 Å². The van der Waals surface area contributed by atoms with Crippen molar-refractivity contribution in [1.82, 2.24) is 15.1 Å². The first-order chi connectivity index (χ1) is 22.1. The smallest absolute Gasteiger partial charge is 0.252 e. The van der Waals surface area contributed by atoms with E-state index >= 15 is 0 Å². The fourth-order valence-corrected chi connectivity index (χ4v) is 6.66. The third-order valence-electron chi connectivity index (χ3n) is 9.55. The molecule has 2 heterocycles. The largest absolute Gasteiger partial charge is 0.488 e. The first kappa shape index (κ1) is 31.9. The number of ether oxygens (including phenoxy) is 1. The van der Waals surface area contributed by atoms with Gasteiger partial charge in [-0.3, -0.25) is 9.59 Å². The van der Waals surface area contributed by atoms with Gasteiger partial charge < -0.3 is 19.9 Å². The summed E-state index contributed by atoms with van der Waals surface area (Å²) in [5.74, 6) is -4.07. The van der Waals surface area contributed by atoms with Crippen molar-refractivity contribution in [2.24, 2.45) is 0 Å². The molecule has 242 valence electrons. The summed E-state index contributed by atoms with van der Waals surface area (Å²) < 4.78 is 46.5. The average molecular weight is 632 g/mol. The Labute approximate surface area is 268 Å². The average Bonchev–Trinajstić information content (AvgIpc) is 3.88. The van der Waals surface area contributed by atoms with Gasteiger partial charge in [-0.05, 0) is 91.5 Å². The van der Waals surface area contributed by atoms with E-state index in [2.05, 4.69) is 31.3 Å². The van der Waals surface area contributed by atoms with E-state index in [-0.39, 0.29) is 36.5 Å². The van der Waals surface area contributed by atoms with Crippen LogP contribution in [-0.4, -0.2) is 59.4 Å². The summed E-state index contributed by atoms with van der Waals surface area (Å²) in [6.07, 6.45) is 3.66. The zero-order chi connectivity index (χ0) is 32.5. The number of piperazine rings is 1. The van der Waals surface area contributed by atoms with Gasteiger partial charge in [0.25, 0.3) is 5.91 Å². The van der Waals surface area contributed by atoms with E-state index in [0.29, 0.717) is 38.9 Å². The van der Waals surface area contributed by atoms with Gasteiger partial charge in [0, 0.05) is 44.2 Å². The van der Waals surface area contributed by atoms with E-state index in [1.165, 1.54) is 11.1 Å². The molecule has 0 radical (unpaired) electrons. The number of hydrogen-bond acceptors (Lipinski definition) is 4. The zero-order valence-corrected chi connectivity index (χ0v) is 26.5. The van der Waals surface area contributed by atoms with E-state index in [1.54, 1.807) is 6.92 Å². The number of rotatable bonds is 10. The van der Waals surface area contributed by atoms with Gasteiger partial charge in [-0.2, -0.15) is 4.39 Å². The third kappa shape index (κ3) is 6.70. The second-order valence-corrected chi connectivity index (χ2v) is 12.8. The van der Waals surface area contributed by atoms with Gasteiger partial charge in [-0.15, -0.1) is 0 Å². The minimum absolute atomic E-state index is 0.0115. The van der Waals surface area contributed by atoms with Gasteiger partial charge in [0.1, 0.15) is 0 Å². The number of carbonyl (C=O) groups excluding carboxylic acids is 2. The zero-order valence-electron chi connectivity index (χ0n) is 26.5. The Morgan fingerprint density at radius 1 is 0.978 bits per heavy atom. The molecule has 2 bridgehead atoms. The number of nitrogens with zero attached hydrogens (tertiary/aromatic N) is 2. The SMILES string of the molecule is CC(=O)N1C[C@H]2CC(c3ccc(CCCOc4c(F)ccc(F)c4F)cc3)=C(C(=O)N(Cc3cccc(C)c3C)C3CC3)[C@@H](C1)N2. The minimum Gasteiger partial charge on any atom is -0.488 e. The van der Waals surface area contributed by atoms with Crippen LogP contribution in [0.3, 0.4) is 0 Å².